The van der Waals surface area contributed by atoms with Crippen molar-refractivity contribution in [3.63, 3.8) is 0 Å². The number of benzene rings is 2. The van der Waals surface area contributed by atoms with Crippen molar-refractivity contribution in [1.29, 1.82) is 0 Å². The summed E-state index contributed by atoms with van der Waals surface area (Å²) in [4.78, 5) is 16.2. The van der Waals surface area contributed by atoms with E-state index in [1.54, 1.807) is 0 Å². The van der Waals surface area contributed by atoms with E-state index in [0.717, 1.165) is 38.8 Å². The molecule has 2 aliphatic rings. The number of hydrogen-bond donors (Lipinski definition) is 1. The third-order valence-corrected chi connectivity index (χ3v) is 8.21. The van der Waals surface area contributed by atoms with Crippen molar-refractivity contribution in [3.05, 3.63) is 59.2 Å². The summed E-state index contributed by atoms with van der Waals surface area (Å²) in [5.74, 6) is 0.206. The smallest absolute Gasteiger partial charge is 0.226 e. The van der Waals surface area contributed by atoms with Crippen molar-refractivity contribution < 1.29 is 9.53 Å². The Bertz CT molecular complexity index is 965. The van der Waals surface area contributed by atoms with Gasteiger partial charge in [0.05, 0.1) is 5.41 Å². The van der Waals surface area contributed by atoms with E-state index in [-0.39, 0.29) is 11.3 Å². The highest BCUT2D eigenvalue weighted by Crippen LogP contribution is 2.36. The van der Waals surface area contributed by atoms with Gasteiger partial charge in [-0.15, -0.1) is 0 Å². The Morgan fingerprint density at radius 2 is 1.69 bits per heavy atom. The van der Waals surface area contributed by atoms with E-state index in [1.165, 1.54) is 47.1 Å². The maximum absolute atomic E-state index is 13.6. The van der Waals surface area contributed by atoms with Crippen LogP contribution in [0, 0.1) is 19.3 Å². The summed E-state index contributed by atoms with van der Waals surface area (Å²) in [6.45, 7) is 12.1. The first kappa shape index (κ1) is 25.9. The number of piperidine rings is 1. The van der Waals surface area contributed by atoms with Crippen LogP contribution in [0.1, 0.15) is 69.1 Å². The normalized spacial score (nSPS) is 22.6. The lowest BCUT2D eigenvalue weighted by molar-refractivity contribution is -0.136. The predicted octanol–water partition coefficient (Wildman–Crippen LogP) is 6.08. The van der Waals surface area contributed by atoms with Gasteiger partial charge in [0.25, 0.3) is 0 Å². The van der Waals surface area contributed by atoms with Gasteiger partial charge >= 0.3 is 0 Å². The van der Waals surface area contributed by atoms with Crippen molar-refractivity contribution in [2.45, 2.75) is 84.7 Å². The number of ether oxygens (including phenoxy) is 1. The van der Waals surface area contributed by atoms with E-state index >= 15 is 0 Å². The Kier molecular flexibility index (Phi) is 8.67. The van der Waals surface area contributed by atoms with Gasteiger partial charge in [0.15, 0.2) is 0 Å². The van der Waals surface area contributed by atoms with Gasteiger partial charge in [0.2, 0.25) is 5.91 Å². The molecule has 0 unspecified atom stereocenters. The Labute approximate surface area is 212 Å². The summed E-state index contributed by atoms with van der Waals surface area (Å²) in [6, 6.07) is 16.8. The molecule has 2 heterocycles. The molecule has 2 aromatic rings. The van der Waals surface area contributed by atoms with Crippen molar-refractivity contribution in [3.8, 4) is 11.1 Å². The number of aryl methyl sites for hydroxylation is 2. The molecular weight excluding hydrogens is 432 g/mol. The second-order valence-corrected chi connectivity index (χ2v) is 11.1. The molecule has 190 valence electrons. The molecule has 0 radical (unpaired) electrons. The van der Waals surface area contributed by atoms with Crippen LogP contribution in [-0.2, 0) is 16.0 Å². The zero-order valence-corrected chi connectivity index (χ0v) is 22.2. The molecule has 2 aliphatic heterocycles. The first-order valence-electron chi connectivity index (χ1n) is 13.7. The zero-order chi connectivity index (χ0) is 24.8. The Morgan fingerprint density at radius 1 is 1.00 bits per heavy atom. The van der Waals surface area contributed by atoms with E-state index in [0.29, 0.717) is 25.3 Å². The summed E-state index contributed by atoms with van der Waals surface area (Å²) in [5, 5.41) is 3.32. The fourth-order valence-electron chi connectivity index (χ4n) is 6.21. The van der Waals surface area contributed by atoms with Crippen LogP contribution in [0.4, 0.5) is 0 Å². The van der Waals surface area contributed by atoms with Crippen molar-refractivity contribution >= 4 is 5.91 Å². The van der Waals surface area contributed by atoms with Crippen LogP contribution >= 0.6 is 0 Å². The fourth-order valence-corrected chi connectivity index (χ4v) is 6.21. The van der Waals surface area contributed by atoms with Crippen LogP contribution in [0.3, 0.4) is 0 Å². The summed E-state index contributed by atoms with van der Waals surface area (Å²) < 4.78 is 5.67. The molecule has 1 amide bonds. The maximum atomic E-state index is 13.6. The van der Waals surface area contributed by atoms with E-state index in [2.05, 4.69) is 80.4 Å². The van der Waals surface area contributed by atoms with Gasteiger partial charge in [-0.1, -0.05) is 60.0 Å². The second kappa shape index (κ2) is 11.7. The number of carbonyl (C=O) groups is 1. The molecule has 0 aromatic heterocycles. The number of nitrogens with one attached hydrogen (secondary N) is 1. The predicted molar refractivity (Wildman–Crippen MR) is 145 cm³/mol. The van der Waals surface area contributed by atoms with Crippen LogP contribution in [0.5, 0.6) is 0 Å². The fraction of sp³-hybridized carbons (Fsp3) is 0.581. The minimum atomic E-state index is -0.384. The van der Waals surface area contributed by atoms with Gasteiger partial charge in [-0.05, 0) is 82.9 Å². The number of rotatable bonds is 8. The van der Waals surface area contributed by atoms with Crippen molar-refractivity contribution in [2.75, 3.05) is 26.3 Å². The molecular formula is C31H44N2O2. The topological polar surface area (TPSA) is 41.6 Å². The maximum Gasteiger partial charge on any atom is 0.226 e. The molecule has 2 aromatic carbocycles. The van der Waals surface area contributed by atoms with Crippen LogP contribution in [0.25, 0.3) is 11.1 Å². The van der Waals surface area contributed by atoms with Gasteiger partial charge in [-0.25, -0.2) is 0 Å². The average Bonchev–Trinajstić information content (AvgIpc) is 2.83. The quantitative estimate of drug-likeness (QED) is 0.470. The molecule has 1 N–H and O–H groups in total. The minimum absolute atomic E-state index is 0.206. The van der Waals surface area contributed by atoms with Crippen LogP contribution in [0.15, 0.2) is 42.5 Å². The summed E-state index contributed by atoms with van der Waals surface area (Å²) >= 11 is 0. The van der Waals surface area contributed by atoms with Crippen molar-refractivity contribution in [2.24, 2.45) is 5.41 Å². The highest BCUT2D eigenvalue weighted by molar-refractivity contribution is 5.83. The first-order chi connectivity index (χ1) is 16.9. The van der Waals surface area contributed by atoms with Crippen LogP contribution < -0.4 is 5.32 Å². The number of hydrogen-bond acceptors (Lipinski definition) is 3. The molecule has 0 spiro atoms. The lowest BCUT2D eigenvalue weighted by Gasteiger charge is -2.39. The first-order valence-corrected chi connectivity index (χ1v) is 13.7. The van der Waals surface area contributed by atoms with E-state index in [1.807, 2.05) is 0 Å². The highest BCUT2D eigenvalue weighted by atomic mass is 16.5. The Hall–Kier alpha value is -2.17. The number of nitrogens with zero attached hydrogens (tertiary/aromatic N) is 1. The molecule has 35 heavy (non-hydrogen) atoms. The number of amides is 1. The monoisotopic (exact) mass is 476 g/mol. The number of carbonyl (C=O) groups excluding carboxylic acids is 1. The summed E-state index contributed by atoms with van der Waals surface area (Å²) in [6.07, 6.45) is 7.27. The van der Waals surface area contributed by atoms with Gasteiger partial charge < -0.3 is 10.1 Å². The molecule has 2 saturated heterocycles. The van der Waals surface area contributed by atoms with Crippen LogP contribution in [-0.4, -0.2) is 49.2 Å². The third kappa shape index (κ3) is 6.54. The van der Waals surface area contributed by atoms with Gasteiger partial charge in [0, 0.05) is 38.4 Å². The SMILES string of the molecule is Cc1cc(C)cc(-c2cccc(CC3(C(=O)NCCCN4[C@@H](C)CCC[C@@H]4C)CCOCC3)c2)c1. The van der Waals surface area contributed by atoms with Gasteiger partial charge in [0.1, 0.15) is 0 Å². The standard InChI is InChI=1S/C31H44N2O2/c1-23-18-24(2)20-29(19-23)28-11-6-10-27(21-28)22-31(12-16-35-17-13-31)30(34)32-14-7-15-33-25(3)8-5-9-26(33)4/h6,10-11,18-21,25-26H,5,7-9,12-17,22H2,1-4H3,(H,32,34)/t25-,26-/m0/s1. The second-order valence-electron chi connectivity index (χ2n) is 11.1. The lowest BCUT2D eigenvalue weighted by atomic mass is 9.74. The molecule has 4 heteroatoms. The molecule has 4 nitrogen and oxygen atoms in total. The molecule has 0 aliphatic carbocycles. The van der Waals surface area contributed by atoms with E-state index in [9.17, 15) is 4.79 Å². The van der Waals surface area contributed by atoms with Crippen molar-refractivity contribution in [1.82, 2.24) is 10.2 Å². The van der Waals surface area contributed by atoms with Gasteiger partial charge in [-0.3, -0.25) is 9.69 Å². The van der Waals surface area contributed by atoms with Gasteiger partial charge in [-0.2, -0.15) is 0 Å². The molecule has 2 fully saturated rings. The highest BCUT2D eigenvalue weighted by Gasteiger charge is 2.40. The summed E-state index contributed by atoms with van der Waals surface area (Å²) in [7, 11) is 0. The number of likely N-dealkylation sites (tertiary alicyclic amines) is 1. The molecule has 4 rings (SSSR count). The van der Waals surface area contributed by atoms with Crippen LogP contribution in [0.2, 0.25) is 0 Å². The zero-order valence-electron chi connectivity index (χ0n) is 22.2. The molecule has 0 saturated carbocycles. The lowest BCUT2D eigenvalue weighted by Crippen LogP contribution is -2.47. The average molecular weight is 477 g/mol. The minimum Gasteiger partial charge on any atom is -0.381 e. The third-order valence-electron chi connectivity index (χ3n) is 8.21. The largest absolute Gasteiger partial charge is 0.381 e. The van der Waals surface area contributed by atoms with E-state index < -0.39 is 0 Å². The van der Waals surface area contributed by atoms with E-state index in [4.69, 9.17) is 4.74 Å². The molecule has 2 atom stereocenters. The Morgan fingerprint density at radius 3 is 2.37 bits per heavy atom. The molecule has 0 bridgehead atoms. The Balaban J connectivity index is 1.41. The summed E-state index contributed by atoms with van der Waals surface area (Å²) in [5.41, 5.74) is 5.87.